The van der Waals surface area contributed by atoms with Gasteiger partial charge in [0.05, 0.1) is 39.9 Å². The number of nitrogens with zero attached hydrogens (tertiary/aromatic N) is 1. The molecule has 9 heteroatoms. The first-order valence-electron chi connectivity index (χ1n) is 12.9. The van der Waals surface area contributed by atoms with Crippen LogP contribution in [0.15, 0.2) is 0 Å². The van der Waals surface area contributed by atoms with Gasteiger partial charge < -0.3 is 28.8 Å². The molecule has 0 aromatic carbocycles. The van der Waals surface area contributed by atoms with Crippen LogP contribution in [0.4, 0.5) is 0 Å². The second kappa shape index (κ2) is 18.8. The zero-order valence-electron chi connectivity index (χ0n) is 21.9. The van der Waals surface area contributed by atoms with Crippen molar-refractivity contribution >= 4 is 13.7 Å². The topological polar surface area (TPSA) is 108 Å². The van der Waals surface area contributed by atoms with E-state index in [9.17, 15) is 19.4 Å². The molecular weight excluding hydrogens is 443 g/mol. The predicted molar refractivity (Wildman–Crippen MR) is 132 cm³/mol. The maximum Gasteiger partial charge on any atom is 0.268 e. The number of hydrogen-bond acceptors (Lipinski definition) is 6. The number of quaternary nitrogens is 1. The molecule has 3 atom stereocenters. The van der Waals surface area contributed by atoms with Gasteiger partial charge in [0, 0.05) is 6.42 Å². The minimum absolute atomic E-state index is 0.0122. The molecule has 0 radical (unpaired) electrons. The maximum atomic E-state index is 12.1. The van der Waals surface area contributed by atoms with Gasteiger partial charge in [-0.15, -0.1) is 0 Å². The highest BCUT2D eigenvalue weighted by molar-refractivity contribution is 7.45. The highest BCUT2D eigenvalue weighted by Gasteiger charge is 2.24. The first-order valence-corrected chi connectivity index (χ1v) is 14.3. The lowest BCUT2D eigenvalue weighted by Gasteiger charge is -2.30. The van der Waals surface area contributed by atoms with E-state index in [2.05, 4.69) is 12.2 Å². The summed E-state index contributed by atoms with van der Waals surface area (Å²) in [6.45, 7) is 4.30. The SMILES string of the molecule is CCCCCCCCCCCCC(O)C(COP(=O)([O-])OCC[N+](C)(C)C)NC(=O)CCC. The molecule has 3 unspecified atom stereocenters. The molecule has 1 amide bonds. The number of aliphatic hydroxyl groups is 1. The summed E-state index contributed by atoms with van der Waals surface area (Å²) in [5.74, 6) is -0.222. The molecule has 0 aliphatic rings. The molecule has 0 saturated carbocycles. The van der Waals surface area contributed by atoms with Crippen LogP contribution >= 0.6 is 7.82 Å². The molecule has 0 fully saturated rings. The minimum atomic E-state index is -4.51. The molecular formula is C24H51N2O6P. The van der Waals surface area contributed by atoms with Crippen LogP contribution in [0.25, 0.3) is 0 Å². The molecule has 198 valence electrons. The number of nitrogens with one attached hydrogen (secondary N) is 1. The predicted octanol–water partition coefficient (Wildman–Crippen LogP) is 4.15. The number of phosphoric acid groups is 1. The van der Waals surface area contributed by atoms with Gasteiger partial charge in [0.15, 0.2) is 0 Å². The van der Waals surface area contributed by atoms with Gasteiger partial charge in [-0.25, -0.2) is 0 Å². The first-order chi connectivity index (χ1) is 15.5. The molecule has 0 heterocycles. The van der Waals surface area contributed by atoms with Crippen LogP contribution in [-0.2, 0) is 18.4 Å². The fourth-order valence-corrected chi connectivity index (χ4v) is 4.16. The van der Waals surface area contributed by atoms with E-state index in [0.717, 1.165) is 19.3 Å². The number of likely N-dealkylation sites (N-methyl/N-ethyl adjacent to an activating group) is 1. The second-order valence-corrected chi connectivity index (χ2v) is 11.5. The van der Waals surface area contributed by atoms with Gasteiger partial charge in [0.25, 0.3) is 7.82 Å². The molecule has 0 spiro atoms. The van der Waals surface area contributed by atoms with E-state index in [-0.39, 0.29) is 19.1 Å². The van der Waals surface area contributed by atoms with Gasteiger partial charge in [-0.3, -0.25) is 9.36 Å². The summed E-state index contributed by atoms with van der Waals surface area (Å²) in [6.07, 6.45) is 12.5. The summed E-state index contributed by atoms with van der Waals surface area (Å²) in [5.41, 5.74) is 0. The fraction of sp³-hybridized carbons (Fsp3) is 0.958. The van der Waals surface area contributed by atoms with Crippen molar-refractivity contribution in [2.45, 2.75) is 109 Å². The van der Waals surface area contributed by atoms with E-state index in [1.807, 2.05) is 28.1 Å². The lowest BCUT2D eigenvalue weighted by Crippen LogP contribution is -2.46. The lowest BCUT2D eigenvalue weighted by atomic mass is 10.0. The highest BCUT2D eigenvalue weighted by atomic mass is 31.2. The Morgan fingerprint density at radius 2 is 1.48 bits per heavy atom. The van der Waals surface area contributed by atoms with E-state index >= 15 is 0 Å². The molecule has 0 aromatic rings. The zero-order chi connectivity index (χ0) is 25.2. The Morgan fingerprint density at radius 1 is 0.939 bits per heavy atom. The Bertz CT molecular complexity index is 542. The average Bonchev–Trinajstić information content (AvgIpc) is 2.71. The van der Waals surface area contributed by atoms with Crippen LogP contribution in [0.2, 0.25) is 0 Å². The maximum absolute atomic E-state index is 12.1. The number of carbonyl (C=O) groups is 1. The van der Waals surface area contributed by atoms with Crippen molar-refractivity contribution in [3.8, 4) is 0 Å². The van der Waals surface area contributed by atoms with Crippen molar-refractivity contribution in [3.05, 3.63) is 0 Å². The van der Waals surface area contributed by atoms with Gasteiger partial charge >= 0.3 is 0 Å². The van der Waals surface area contributed by atoms with Gasteiger partial charge in [-0.05, 0) is 12.8 Å². The lowest BCUT2D eigenvalue weighted by molar-refractivity contribution is -0.870. The van der Waals surface area contributed by atoms with Crippen LogP contribution in [0.1, 0.15) is 97.3 Å². The average molecular weight is 495 g/mol. The van der Waals surface area contributed by atoms with Crippen LogP contribution in [0, 0.1) is 0 Å². The third-order valence-corrected chi connectivity index (χ3v) is 6.53. The van der Waals surface area contributed by atoms with Crippen molar-refractivity contribution < 1.29 is 32.9 Å². The van der Waals surface area contributed by atoms with Gasteiger partial charge in [-0.2, -0.15) is 0 Å². The Labute approximate surface area is 202 Å². The molecule has 8 nitrogen and oxygen atoms in total. The number of carbonyl (C=O) groups excluding carboxylic acids is 1. The largest absolute Gasteiger partial charge is 0.756 e. The Balaban J connectivity index is 4.39. The summed E-state index contributed by atoms with van der Waals surface area (Å²) in [5, 5.41) is 13.3. The highest BCUT2D eigenvalue weighted by Crippen LogP contribution is 2.38. The number of rotatable bonds is 22. The van der Waals surface area contributed by atoms with E-state index in [0.29, 0.717) is 30.3 Å². The second-order valence-electron chi connectivity index (χ2n) is 10.1. The van der Waals surface area contributed by atoms with E-state index in [1.165, 1.54) is 44.9 Å². The van der Waals surface area contributed by atoms with Crippen molar-refractivity contribution in [2.75, 3.05) is 40.9 Å². The minimum Gasteiger partial charge on any atom is -0.756 e. The summed E-state index contributed by atoms with van der Waals surface area (Å²) in [4.78, 5) is 24.1. The Kier molecular flexibility index (Phi) is 18.5. The van der Waals surface area contributed by atoms with Crippen LogP contribution in [0.3, 0.4) is 0 Å². The molecule has 0 saturated heterocycles. The zero-order valence-corrected chi connectivity index (χ0v) is 22.7. The number of aliphatic hydroxyl groups excluding tert-OH is 1. The van der Waals surface area contributed by atoms with Crippen molar-refractivity contribution in [1.29, 1.82) is 0 Å². The van der Waals surface area contributed by atoms with Crippen LogP contribution in [0.5, 0.6) is 0 Å². The van der Waals surface area contributed by atoms with Crippen molar-refractivity contribution in [2.24, 2.45) is 0 Å². The standard InChI is InChI=1S/C24H51N2O6P/c1-6-8-9-10-11-12-13-14-15-16-18-23(27)22(25-24(28)17-7-2)21-32-33(29,30)31-20-19-26(3,4)5/h22-23,27H,6-21H2,1-5H3,(H-,25,28,29,30). The van der Waals surface area contributed by atoms with E-state index in [1.54, 1.807) is 0 Å². The van der Waals surface area contributed by atoms with Gasteiger partial charge in [-0.1, -0.05) is 78.1 Å². The van der Waals surface area contributed by atoms with E-state index < -0.39 is 20.0 Å². The molecule has 0 rings (SSSR count). The number of amides is 1. The fourth-order valence-electron chi connectivity index (χ4n) is 3.43. The summed E-state index contributed by atoms with van der Waals surface area (Å²) in [7, 11) is 1.29. The van der Waals surface area contributed by atoms with Gasteiger partial charge in [0.2, 0.25) is 5.91 Å². The summed E-state index contributed by atoms with van der Waals surface area (Å²) < 4.78 is 22.6. The molecule has 0 aliphatic carbocycles. The number of phosphoric ester groups is 1. The molecule has 0 aromatic heterocycles. The Hall–Kier alpha value is -0.500. The molecule has 0 bridgehead atoms. The summed E-state index contributed by atoms with van der Waals surface area (Å²) in [6, 6.07) is -0.785. The summed E-state index contributed by atoms with van der Waals surface area (Å²) >= 11 is 0. The van der Waals surface area contributed by atoms with Crippen molar-refractivity contribution in [3.63, 3.8) is 0 Å². The van der Waals surface area contributed by atoms with Crippen LogP contribution < -0.4 is 10.2 Å². The van der Waals surface area contributed by atoms with Crippen LogP contribution in [-0.4, -0.2) is 68.5 Å². The normalized spacial score (nSPS) is 15.7. The van der Waals surface area contributed by atoms with Gasteiger partial charge in [0.1, 0.15) is 13.2 Å². The van der Waals surface area contributed by atoms with E-state index in [4.69, 9.17) is 9.05 Å². The number of unbranched alkanes of at least 4 members (excludes halogenated alkanes) is 9. The third-order valence-electron chi connectivity index (χ3n) is 5.57. The molecule has 33 heavy (non-hydrogen) atoms. The van der Waals surface area contributed by atoms with Crippen molar-refractivity contribution in [1.82, 2.24) is 5.32 Å². The smallest absolute Gasteiger partial charge is 0.268 e. The monoisotopic (exact) mass is 494 g/mol. The Morgan fingerprint density at radius 3 is 2.00 bits per heavy atom. The quantitative estimate of drug-likeness (QED) is 0.133. The first kappa shape index (κ1) is 32.5. The number of hydrogen-bond donors (Lipinski definition) is 2. The molecule has 0 aliphatic heterocycles. The molecule has 2 N–H and O–H groups in total. The third kappa shape index (κ3) is 20.6.